The Balaban J connectivity index is 1.50. The molecule has 2 aromatic rings. The highest BCUT2D eigenvalue weighted by atomic mass is 16.2. The Bertz CT molecular complexity index is 807. The van der Waals surface area contributed by atoms with Crippen LogP contribution in [0.25, 0.3) is 0 Å². The maximum absolute atomic E-state index is 12.4. The number of urea groups is 1. The van der Waals surface area contributed by atoms with E-state index < -0.39 is 0 Å². The zero-order valence-electron chi connectivity index (χ0n) is 15.9. The normalized spacial score (nSPS) is 13.7. The number of aryl methyl sites for hydroxylation is 1. The Kier molecular flexibility index (Phi) is 6.08. The zero-order chi connectivity index (χ0) is 19.2. The maximum atomic E-state index is 12.4. The molecule has 0 radical (unpaired) electrons. The Morgan fingerprint density at radius 2 is 2.00 bits per heavy atom. The molecule has 6 heteroatoms. The molecule has 0 spiro atoms. The van der Waals surface area contributed by atoms with Crippen molar-refractivity contribution in [3.63, 3.8) is 0 Å². The molecule has 0 unspecified atom stereocenters. The third-order valence-corrected chi connectivity index (χ3v) is 4.68. The average molecular weight is 366 g/mol. The van der Waals surface area contributed by atoms with E-state index in [1.165, 1.54) is 5.56 Å². The van der Waals surface area contributed by atoms with Crippen molar-refractivity contribution in [3.05, 3.63) is 65.2 Å². The lowest BCUT2D eigenvalue weighted by molar-refractivity contribution is 0.0949. The molecule has 0 saturated carbocycles. The number of likely N-dealkylation sites (N-methyl/N-ethyl adjacent to an activating group) is 1. The summed E-state index contributed by atoms with van der Waals surface area (Å²) in [6, 6.07) is 15.6. The van der Waals surface area contributed by atoms with Gasteiger partial charge in [-0.1, -0.05) is 30.3 Å². The van der Waals surface area contributed by atoms with Gasteiger partial charge in [-0.05, 0) is 43.3 Å². The van der Waals surface area contributed by atoms with Crippen LogP contribution in [0.1, 0.15) is 21.5 Å². The van der Waals surface area contributed by atoms with E-state index in [9.17, 15) is 9.59 Å². The number of nitrogens with one attached hydrogen (secondary N) is 2. The van der Waals surface area contributed by atoms with Gasteiger partial charge in [0.2, 0.25) is 0 Å². The van der Waals surface area contributed by atoms with Crippen molar-refractivity contribution in [2.24, 2.45) is 0 Å². The summed E-state index contributed by atoms with van der Waals surface area (Å²) in [5, 5.41) is 5.76. The van der Waals surface area contributed by atoms with Gasteiger partial charge in [0, 0.05) is 44.0 Å². The van der Waals surface area contributed by atoms with Crippen molar-refractivity contribution < 1.29 is 9.59 Å². The summed E-state index contributed by atoms with van der Waals surface area (Å²) in [6.45, 7) is 5.42. The van der Waals surface area contributed by atoms with Crippen molar-refractivity contribution in [3.8, 4) is 0 Å². The molecule has 3 rings (SSSR count). The van der Waals surface area contributed by atoms with Gasteiger partial charge in [-0.3, -0.25) is 9.69 Å². The summed E-state index contributed by atoms with van der Waals surface area (Å²) in [5.74, 6) is -0.0939. The van der Waals surface area contributed by atoms with Crippen LogP contribution in [0.3, 0.4) is 0 Å². The molecule has 142 valence electrons. The van der Waals surface area contributed by atoms with Gasteiger partial charge in [-0.15, -0.1) is 0 Å². The summed E-state index contributed by atoms with van der Waals surface area (Å²) in [6.07, 6.45) is 0. The first kappa shape index (κ1) is 18.9. The lowest BCUT2D eigenvalue weighted by Crippen LogP contribution is -2.33. The van der Waals surface area contributed by atoms with Crippen LogP contribution < -0.4 is 15.5 Å². The molecule has 27 heavy (non-hydrogen) atoms. The monoisotopic (exact) mass is 366 g/mol. The lowest BCUT2D eigenvalue weighted by Gasteiger charge is -2.18. The van der Waals surface area contributed by atoms with Crippen LogP contribution in [0.2, 0.25) is 0 Å². The van der Waals surface area contributed by atoms with E-state index in [0.717, 1.165) is 24.3 Å². The van der Waals surface area contributed by atoms with Gasteiger partial charge >= 0.3 is 6.03 Å². The first-order chi connectivity index (χ1) is 13.0. The van der Waals surface area contributed by atoms with Gasteiger partial charge in [0.1, 0.15) is 0 Å². The molecule has 1 aliphatic rings. The highest BCUT2D eigenvalue weighted by molar-refractivity contribution is 5.97. The molecular formula is C21H26N4O2. The topological polar surface area (TPSA) is 64.7 Å². The number of rotatable bonds is 7. The molecule has 2 N–H and O–H groups in total. The number of anilines is 1. The predicted molar refractivity (Wildman–Crippen MR) is 107 cm³/mol. The Labute approximate surface area is 160 Å². The highest BCUT2D eigenvalue weighted by Gasteiger charge is 2.22. The first-order valence-electron chi connectivity index (χ1n) is 9.21. The van der Waals surface area contributed by atoms with Crippen molar-refractivity contribution >= 4 is 17.6 Å². The summed E-state index contributed by atoms with van der Waals surface area (Å²) in [5.41, 5.74) is 3.63. The van der Waals surface area contributed by atoms with E-state index in [4.69, 9.17) is 0 Å². The molecule has 2 aromatic carbocycles. The second kappa shape index (κ2) is 8.68. The molecule has 0 aromatic heterocycles. The molecule has 3 amide bonds. The highest BCUT2D eigenvalue weighted by Crippen LogP contribution is 2.22. The molecule has 1 heterocycles. The third-order valence-electron chi connectivity index (χ3n) is 4.68. The molecule has 0 aliphatic carbocycles. The number of nitrogens with zero attached hydrogens (tertiary/aromatic N) is 2. The van der Waals surface area contributed by atoms with E-state index in [1.807, 2.05) is 44.3 Å². The third kappa shape index (κ3) is 4.86. The fourth-order valence-electron chi connectivity index (χ4n) is 3.24. The van der Waals surface area contributed by atoms with E-state index in [1.54, 1.807) is 11.0 Å². The minimum absolute atomic E-state index is 0.0863. The standard InChI is InChI=1S/C21H26N4O2/c1-16-14-18(8-9-19(16)25-13-11-23-21(25)27)20(26)22-10-12-24(2)15-17-6-4-3-5-7-17/h3-9,14H,10-13,15H2,1-2H3,(H,22,26)(H,23,27). The number of amides is 3. The van der Waals surface area contributed by atoms with Crippen LogP contribution in [0.5, 0.6) is 0 Å². The zero-order valence-corrected chi connectivity index (χ0v) is 15.9. The Morgan fingerprint density at radius 3 is 2.67 bits per heavy atom. The molecule has 1 aliphatic heterocycles. The number of carbonyl (C=O) groups is 2. The minimum atomic E-state index is -0.0939. The maximum Gasteiger partial charge on any atom is 0.322 e. The fourth-order valence-corrected chi connectivity index (χ4v) is 3.24. The van der Waals surface area contributed by atoms with Crippen LogP contribution in [0.15, 0.2) is 48.5 Å². The van der Waals surface area contributed by atoms with Crippen LogP contribution in [0.4, 0.5) is 10.5 Å². The van der Waals surface area contributed by atoms with Crippen molar-refractivity contribution in [1.82, 2.24) is 15.5 Å². The number of carbonyl (C=O) groups excluding carboxylic acids is 2. The van der Waals surface area contributed by atoms with Gasteiger partial charge in [0.25, 0.3) is 5.91 Å². The fraction of sp³-hybridized carbons (Fsp3) is 0.333. The van der Waals surface area contributed by atoms with E-state index >= 15 is 0 Å². The number of hydrogen-bond acceptors (Lipinski definition) is 3. The number of hydrogen-bond donors (Lipinski definition) is 2. The van der Waals surface area contributed by atoms with Crippen LogP contribution >= 0.6 is 0 Å². The smallest absolute Gasteiger partial charge is 0.322 e. The van der Waals surface area contributed by atoms with Crippen molar-refractivity contribution in [1.29, 1.82) is 0 Å². The van der Waals surface area contributed by atoms with Gasteiger partial charge in [-0.2, -0.15) is 0 Å². The summed E-state index contributed by atoms with van der Waals surface area (Å²) in [7, 11) is 2.04. The molecular weight excluding hydrogens is 340 g/mol. The van der Waals surface area contributed by atoms with Crippen molar-refractivity contribution in [2.45, 2.75) is 13.5 Å². The molecule has 1 saturated heterocycles. The summed E-state index contributed by atoms with van der Waals surface area (Å²) < 4.78 is 0. The van der Waals surface area contributed by atoms with E-state index in [2.05, 4.69) is 27.7 Å². The quantitative estimate of drug-likeness (QED) is 0.791. The van der Waals surface area contributed by atoms with E-state index in [-0.39, 0.29) is 11.9 Å². The Hall–Kier alpha value is -2.86. The average Bonchev–Trinajstić information content (AvgIpc) is 3.08. The Morgan fingerprint density at radius 1 is 1.22 bits per heavy atom. The molecule has 1 fully saturated rings. The molecule has 0 bridgehead atoms. The van der Waals surface area contributed by atoms with Gasteiger partial charge in [0.05, 0.1) is 0 Å². The van der Waals surface area contributed by atoms with Crippen LogP contribution in [-0.4, -0.2) is 50.1 Å². The van der Waals surface area contributed by atoms with Gasteiger partial charge in [-0.25, -0.2) is 4.79 Å². The van der Waals surface area contributed by atoms with Crippen LogP contribution in [0, 0.1) is 6.92 Å². The lowest BCUT2D eigenvalue weighted by atomic mass is 10.1. The van der Waals surface area contributed by atoms with Gasteiger partial charge < -0.3 is 15.5 Å². The predicted octanol–water partition coefficient (Wildman–Crippen LogP) is 2.39. The first-order valence-corrected chi connectivity index (χ1v) is 9.21. The number of benzene rings is 2. The minimum Gasteiger partial charge on any atom is -0.351 e. The molecule has 0 atom stereocenters. The molecule has 6 nitrogen and oxygen atoms in total. The largest absolute Gasteiger partial charge is 0.351 e. The van der Waals surface area contributed by atoms with E-state index in [0.29, 0.717) is 25.2 Å². The summed E-state index contributed by atoms with van der Waals surface area (Å²) in [4.78, 5) is 28.1. The van der Waals surface area contributed by atoms with Crippen molar-refractivity contribution in [2.75, 3.05) is 38.1 Å². The second-order valence-electron chi connectivity index (χ2n) is 6.86. The SMILES string of the molecule is Cc1cc(C(=O)NCCN(C)Cc2ccccc2)ccc1N1CCNC1=O. The van der Waals surface area contributed by atoms with Crippen LogP contribution in [-0.2, 0) is 6.54 Å². The second-order valence-corrected chi connectivity index (χ2v) is 6.86. The summed E-state index contributed by atoms with van der Waals surface area (Å²) >= 11 is 0. The van der Waals surface area contributed by atoms with Gasteiger partial charge in [0.15, 0.2) is 0 Å².